The van der Waals surface area contributed by atoms with Crippen LogP contribution in [-0.2, 0) is 4.79 Å². The lowest BCUT2D eigenvalue weighted by Gasteiger charge is -1.99. The van der Waals surface area contributed by atoms with Gasteiger partial charge in [-0.3, -0.25) is 9.78 Å². The van der Waals surface area contributed by atoms with Crippen LogP contribution in [-0.4, -0.2) is 16.1 Å². The van der Waals surface area contributed by atoms with Crippen molar-refractivity contribution in [3.63, 3.8) is 0 Å². The molecule has 0 radical (unpaired) electrons. The molecule has 1 heterocycles. The van der Waals surface area contributed by atoms with E-state index in [-0.39, 0.29) is 11.8 Å². The fourth-order valence-corrected chi connectivity index (χ4v) is 1.60. The minimum absolute atomic E-state index is 0.148. The first kappa shape index (κ1) is 11.8. The summed E-state index contributed by atoms with van der Waals surface area (Å²) in [6.07, 6.45) is 2.78. The van der Waals surface area contributed by atoms with E-state index in [0.717, 1.165) is 0 Å². The number of rotatable bonds is 3. The summed E-state index contributed by atoms with van der Waals surface area (Å²) < 4.78 is 4.44. The van der Waals surface area contributed by atoms with E-state index in [1.165, 1.54) is 12.2 Å². The molecule has 6 heteroatoms. The third-order valence-corrected chi connectivity index (χ3v) is 2.31. The van der Waals surface area contributed by atoms with Gasteiger partial charge in [0.1, 0.15) is 0 Å². The number of hydrogen-bond donors (Lipinski definition) is 2. The quantitative estimate of drug-likeness (QED) is 0.841. The fraction of sp³-hybridized carbons (Fsp3) is 0.0833. The van der Waals surface area contributed by atoms with E-state index >= 15 is 0 Å². The van der Waals surface area contributed by atoms with Gasteiger partial charge in [0, 0.05) is 0 Å². The van der Waals surface area contributed by atoms with Crippen molar-refractivity contribution in [3.05, 3.63) is 50.8 Å². The summed E-state index contributed by atoms with van der Waals surface area (Å²) in [5.41, 5.74) is 0.108. The van der Waals surface area contributed by atoms with E-state index in [1.54, 1.807) is 18.2 Å². The number of aromatic amines is 1. The molecule has 0 aliphatic carbocycles. The van der Waals surface area contributed by atoms with Crippen molar-refractivity contribution < 1.29 is 14.3 Å². The number of nitrogens with one attached hydrogen (secondary N) is 1. The Balaban J connectivity index is 2.58. The Kier molecular flexibility index (Phi) is 3.09. The molecule has 6 nitrogen and oxygen atoms in total. The van der Waals surface area contributed by atoms with Crippen molar-refractivity contribution in [1.29, 1.82) is 0 Å². The van der Waals surface area contributed by atoms with E-state index in [9.17, 15) is 14.4 Å². The minimum Gasteiger partial charge on any atom is -0.481 e. The molecule has 0 fully saturated rings. The maximum Gasteiger partial charge on any atom is 0.419 e. The van der Waals surface area contributed by atoms with Gasteiger partial charge in [0.15, 0.2) is 0 Å². The number of carboxylic acid groups (broad SMARTS) is 1. The SMILES string of the molecule is O=C(O)CC=Cc1cccc2[nH]c(=O)oc(=O)c12. The molecule has 0 aliphatic rings. The smallest absolute Gasteiger partial charge is 0.419 e. The van der Waals surface area contributed by atoms with Crippen LogP contribution in [0.2, 0.25) is 0 Å². The number of aliphatic carboxylic acids is 1. The van der Waals surface area contributed by atoms with Crippen LogP contribution in [0.3, 0.4) is 0 Å². The second-order valence-electron chi connectivity index (χ2n) is 3.57. The van der Waals surface area contributed by atoms with Crippen molar-refractivity contribution in [1.82, 2.24) is 4.98 Å². The van der Waals surface area contributed by atoms with Crippen LogP contribution >= 0.6 is 0 Å². The second kappa shape index (κ2) is 4.70. The average Bonchev–Trinajstić information content (AvgIpc) is 2.27. The Labute approximate surface area is 100 Å². The summed E-state index contributed by atoms with van der Waals surface area (Å²) >= 11 is 0. The van der Waals surface area contributed by atoms with Crippen LogP contribution in [0.1, 0.15) is 12.0 Å². The maximum absolute atomic E-state index is 11.6. The minimum atomic E-state index is -0.966. The van der Waals surface area contributed by atoms with Gasteiger partial charge < -0.3 is 9.52 Å². The molecule has 92 valence electrons. The molecule has 1 aromatic heterocycles. The van der Waals surface area contributed by atoms with Crippen molar-refractivity contribution >= 4 is 22.9 Å². The molecule has 0 saturated heterocycles. The zero-order valence-corrected chi connectivity index (χ0v) is 9.17. The standard InChI is InChI=1S/C12H9NO5/c14-9(15)6-2-4-7-3-1-5-8-10(7)11(16)18-12(17)13-8/h1-5H,6H2,(H,13,17)(H,14,15). The van der Waals surface area contributed by atoms with Gasteiger partial charge in [0.2, 0.25) is 0 Å². The first-order chi connectivity index (χ1) is 8.58. The largest absolute Gasteiger partial charge is 0.481 e. The van der Waals surface area contributed by atoms with E-state index < -0.39 is 17.4 Å². The Bertz CT molecular complexity index is 738. The molecule has 0 unspecified atom stereocenters. The Morgan fingerprint density at radius 3 is 2.89 bits per heavy atom. The number of carboxylic acids is 1. The number of hydrogen-bond acceptors (Lipinski definition) is 4. The van der Waals surface area contributed by atoms with Gasteiger partial charge in [0.25, 0.3) is 0 Å². The third kappa shape index (κ3) is 2.37. The second-order valence-corrected chi connectivity index (χ2v) is 3.57. The van der Waals surface area contributed by atoms with Crippen LogP contribution in [0.15, 0.2) is 38.3 Å². The monoisotopic (exact) mass is 247 g/mol. The molecule has 0 bridgehead atoms. The first-order valence-corrected chi connectivity index (χ1v) is 5.12. The molecule has 0 spiro atoms. The van der Waals surface area contributed by atoms with Crippen LogP contribution < -0.4 is 11.4 Å². The van der Waals surface area contributed by atoms with Gasteiger partial charge >= 0.3 is 17.4 Å². The summed E-state index contributed by atoms with van der Waals surface area (Å²) in [6.45, 7) is 0. The van der Waals surface area contributed by atoms with Gasteiger partial charge in [-0.15, -0.1) is 0 Å². The number of benzene rings is 1. The maximum atomic E-state index is 11.6. The highest BCUT2D eigenvalue weighted by Crippen LogP contribution is 2.13. The molecular formula is C12H9NO5. The predicted octanol–water partition coefficient (Wildman–Crippen LogP) is 0.969. The summed E-state index contributed by atoms with van der Waals surface area (Å²) in [6, 6.07) is 4.86. The molecule has 0 atom stereocenters. The first-order valence-electron chi connectivity index (χ1n) is 5.12. The molecule has 18 heavy (non-hydrogen) atoms. The van der Waals surface area contributed by atoms with E-state index in [4.69, 9.17) is 5.11 Å². The summed E-state index contributed by atoms with van der Waals surface area (Å²) in [7, 11) is 0. The number of carbonyl (C=O) groups is 1. The number of aromatic nitrogens is 1. The Hall–Kier alpha value is -2.63. The number of H-pyrrole nitrogens is 1. The molecule has 2 aromatic rings. The van der Waals surface area contributed by atoms with E-state index in [1.807, 2.05) is 0 Å². The molecule has 2 N–H and O–H groups in total. The van der Waals surface area contributed by atoms with Crippen molar-refractivity contribution in [3.8, 4) is 0 Å². The lowest BCUT2D eigenvalue weighted by atomic mass is 10.1. The van der Waals surface area contributed by atoms with Gasteiger partial charge in [-0.25, -0.2) is 9.59 Å². The van der Waals surface area contributed by atoms with Crippen molar-refractivity contribution in [2.24, 2.45) is 0 Å². The molecular weight excluding hydrogens is 238 g/mol. The normalized spacial score (nSPS) is 11.1. The predicted molar refractivity (Wildman–Crippen MR) is 64.4 cm³/mol. The molecule has 0 saturated carbocycles. The van der Waals surface area contributed by atoms with Crippen LogP contribution in [0.5, 0.6) is 0 Å². The number of fused-ring (bicyclic) bond motifs is 1. The lowest BCUT2D eigenvalue weighted by molar-refractivity contribution is -0.135. The van der Waals surface area contributed by atoms with Crippen molar-refractivity contribution in [2.45, 2.75) is 6.42 Å². The zero-order valence-electron chi connectivity index (χ0n) is 9.17. The highest BCUT2D eigenvalue weighted by atomic mass is 16.4. The average molecular weight is 247 g/mol. The summed E-state index contributed by atoms with van der Waals surface area (Å²) in [5.74, 6) is -1.79. The summed E-state index contributed by atoms with van der Waals surface area (Å²) in [5, 5.41) is 8.74. The Morgan fingerprint density at radius 1 is 1.39 bits per heavy atom. The Morgan fingerprint density at radius 2 is 2.17 bits per heavy atom. The lowest BCUT2D eigenvalue weighted by Crippen LogP contribution is -2.15. The zero-order chi connectivity index (χ0) is 13.1. The van der Waals surface area contributed by atoms with Crippen LogP contribution in [0.4, 0.5) is 0 Å². The van der Waals surface area contributed by atoms with Gasteiger partial charge in [-0.05, 0) is 11.6 Å². The molecule has 2 rings (SSSR count). The van der Waals surface area contributed by atoms with Gasteiger partial charge in [-0.1, -0.05) is 24.3 Å². The molecule has 0 aliphatic heterocycles. The highest BCUT2D eigenvalue weighted by Gasteiger charge is 2.05. The molecule has 0 amide bonds. The summed E-state index contributed by atoms with van der Waals surface area (Å²) in [4.78, 5) is 35.4. The third-order valence-electron chi connectivity index (χ3n) is 2.31. The van der Waals surface area contributed by atoms with Gasteiger partial charge in [0.05, 0.1) is 17.3 Å². The fourth-order valence-electron chi connectivity index (χ4n) is 1.60. The molecule has 1 aromatic carbocycles. The van der Waals surface area contributed by atoms with Crippen molar-refractivity contribution in [2.75, 3.05) is 0 Å². The van der Waals surface area contributed by atoms with E-state index in [0.29, 0.717) is 11.1 Å². The van der Waals surface area contributed by atoms with Crippen LogP contribution in [0.25, 0.3) is 17.0 Å². The van der Waals surface area contributed by atoms with E-state index in [2.05, 4.69) is 9.40 Å². The topological polar surface area (TPSA) is 100 Å². The highest BCUT2D eigenvalue weighted by molar-refractivity contribution is 5.87. The van der Waals surface area contributed by atoms with Gasteiger partial charge in [-0.2, -0.15) is 0 Å². The van der Waals surface area contributed by atoms with Crippen LogP contribution in [0, 0.1) is 0 Å².